The largest absolute Gasteiger partial charge is 0.369 e. The summed E-state index contributed by atoms with van der Waals surface area (Å²) in [7, 11) is 2.12. The average Bonchev–Trinajstić information content (AvgIpc) is 2.10. The summed E-state index contributed by atoms with van der Waals surface area (Å²) in [6.07, 6.45) is 0. The predicted molar refractivity (Wildman–Crippen MR) is 64.8 cm³/mol. The molecular weight excluding hydrogens is 214 g/mol. The zero-order valence-corrected chi connectivity index (χ0v) is 10.2. The Kier molecular flexibility index (Phi) is 2.67. The zero-order chi connectivity index (χ0) is 10.3. The van der Waals surface area contributed by atoms with Crippen molar-refractivity contribution in [2.45, 2.75) is 24.8 Å². The minimum absolute atomic E-state index is 0.563. The fourth-order valence-corrected chi connectivity index (χ4v) is 3.47. The molecule has 2 rings (SSSR count). The van der Waals surface area contributed by atoms with Gasteiger partial charge >= 0.3 is 0 Å². The maximum absolute atomic E-state index is 6.25. The van der Waals surface area contributed by atoms with E-state index in [9.17, 15) is 0 Å². The van der Waals surface area contributed by atoms with Crippen LogP contribution in [0.25, 0.3) is 0 Å². The second-order valence-electron chi connectivity index (χ2n) is 3.86. The lowest BCUT2D eigenvalue weighted by atomic mass is 10.2. The van der Waals surface area contributed by atoms with Crippen molar-refractivity contribution < 1.29 is 0 Å². The fraction of sp³-hybridized carbons (Fsp3) is 0.455. The quantitative estimate of drug-likeness (QED) is 0.667. The van der Waals surface area contributed by atoms with Crippen molar-refractivity contribution in [3.63, 3.8) is 0 Å². The Hall–Kier alpha value is -0.340. The third kappa shape index (κ3) is 1.61. The number of thioether (sulfide) groups is 1. The maximum atomic E-state index is 6.25. The number of fused-ring (bicyclic) bond motifs is 1. The molecule has 1 aliphatic heterocycles. The first-order valence-electron chi connectivity index (χ1n) is 4.75. The fourth-order valence-electron chi connectivity index (χ4n) is 1.70. The van der Waals surface area contributed by atoms with Gasteiger partial charge in [0.25, 0.3) is 0 Å². The van der Waals surface area contributed by atoms with Crippen molar-refractivity contribution in [2.75, 3.05) is 17.7 Å². The van der Waals surface area contributed by atoms with E-state index in [1.165, 1.54) is 16.1 Å². The zero-order valence-electron chi connectivity index (χ0n) is 8.67. The lowest BCUT2D eigenvalue weighted by Gasteiger charge is -2.34. The molecule has 0 spiro atoms. The highest BCUT2D eigenvalue weighted by Gasteiger charge is 2.22. The van der Waals surface area contributed by atoms with Crippen LogP contribution in [0.3, 0.4) is 0 Å². The maximum Gasteiger partial charge on any atom is 0.0694 e. The van der Waals surface area contributed by atoms with E-state index in [4.69, 9.17) is 11.6 Å². The Morgan fingerprint density at radius 3 is 2.93 bits per heavy atom. The van der Waals surface area contributed by atoms with E-state index >= 15 is 0 Å². The first kappa shape index (κ1) is 10.2. The summed E-state index contributed by atoms with van der Waals surface area (Å²) in [4.78, 5) is 3.59. The van der Waals surface area contributed by atoms with Gasteiger partial charge in [0.15, 0.2) is 0 Å². The van der Waals surface area contributed by atoms with Crippen molar-refractivity contribution in [1.82, 2.24) is 0 Å². The number of aryl methyl sites for hydroxylation is 1. The lowest BCUT2D eigenvalue weighted by Crippen LogP contribution is -2.34. The first-order valence-corrected chi connectivity index (χ1v) is 6.11. The van der Waals surface area contributed by atoms with Crippen LogP contribution in [0.15, 0.2) is 17.0 Å². The number of hydrogen-bond donors (Lipinski definition) is 0. The van der Waals surface area contributed by atoms with Gasteiger partial charge in [-0.2, -0.15) is 0 Å². The number of benzene rings is 1. The topological polar surface area (TPSA) is 3.24 Å². The number of nitrogens with zero attached hydrogens (tertiary/aromatic N) is 1. The van der Waals surface area contributed by atoms with Gasteiger partial charge in [-0.15, -0.1) is 11.8 Å². The highest BCUT2D eigenvalue weighted by atomic mass is 35.5. The van der Waals surface area contributed by atoms with E-state index in [1.807, 2.05) is 17.8 Å². The summed E-state index contributed by atoms with van der Waals surface area (Å²) in [6, 6.07) is 4.82. The van der Waals surface area contributed by atoms with Crippen molar-refractivity contribution in [3.8, 4) is 0 Å². The van der Waals surface area contributed by atoms with Gasteiger partial charge in [-0.25, -0.2) is 0 Å². The van der Waals surface area contributed by atoms with Crippen LogP contribution in [0.1, 0.15) is 12.5 Å². The summed E-state index contributed by atoms with van der Waals surface area (Å²) in [6.45, 7) is 4.32. The third-order valence-electron chi connectivity index (χ3n) is 2.67. The monoisotopic (exact) mass is 227 g/mol. The molecule has 0 saturated heterocycles. The van der Waals surface area contributed by atoms with Gasteiger partial charge in [0.05, 0.1) is 10.7 Å². The van der Waals surface area contributed by atoms with Crippen LogP contribution in [0.4, 0.5) is 5.69 Å². The van der Waals surface area contributed by atoms with Gasteiger partial charge in [-0.1, -0.05) is 11.6 Å². The molecule has 3 heteroatoms. The Bertz CT molecular complexity index is 365. The molecule has 0 amide bonds. The van der Waals surface area contributed by atoms with Crippen LogP contribution in [-0.4, -0.2) is 18.8 Å². The van der Waals surface area contributed by atoms with E-state index in [0.717, 1.165) is 10.8 Å². The van der Waals surface area contributed by atoms with Gasteiger partial charge in [-0.3, -0.25) is 0 Å². The Morgan fingerprint density at radius 2 is 2.21 bits per heavy atom. The van der Waals surface area contributed by atoms with Crippen LogP contribution < -0.4 is 4.90 Å². The molecular formula is C11H14ClNS. The van der Waals surface area contributed by atoms with Crippen molar-refractivity contribution in [3.05, 3.63) is 22.7 Å². The van der Waals surface area contributed by atoms with E-state index in [1.54, 1.807) is 0 Å². The molecule has 0 saturated carbocycles. The number of halogens is 1. The van der Waals surface area contributed by atoms with E-state index < -0.39 is 0 Å². The van der Waals surface area contributed by atoms with Crippen LogP contribution in [0.5, 0.6) is 0 Å². The molecule has 0 radical (unpaired) electrons. The molecule has 1 atom stereocenters. The van der Waals surface area contributed by atoms with Crippen LogP contribution >= 0.6 is 23.4 Å². The smallest absolute Gasteiger partial charge is 0.0694 e. The normalized spacial score (nSPS) is 20.9. The summed E-state index contributed by atoms with van der Waals surface area (Å²) in [5, 5.41) is 0.876. The molecule has 1 aliphatic rings. The third-order valence-corrected chi connectivity index (χ3v) is 4.23. The number of hydrogen-bond acceptors (Lipinski definition) is 2. The Balaban J connectivity index is 2.54. The molecule has 14 heavy (non-hydrogen) atoms. The second kappa shape index (κ2) is 3.67. The van der Waals surface area contributed by atoms with Crippen LogP contribution in [0.2, 0.25) is 5.02 Å². The van der Waals surface area contributed by atoms with E-state index in [0.29, 0.717) is 6.04 Å². The molecule has 0 fully saturated rings. The number of anilines is 1. The lowest BCUT2D eigenvalue weighted by molar-refractivity contribution is 0.747. The highest BCUT2D eigenvalue weighted by Crippen LogP contribution is 2.41. The van der Waals surface area contributed by atoms with Gasteiger partial charge < -0.3 is 4.90 Å². The molecule has 76 valence electrons. The van der Waals surface area contributed by atoms with Gasteiger partial charge in [0, 0.05) is 23.7 Å². The first-order chi connectivity index (χ1) is 6.59. The minimum Gasteiger partial charge on any atom is -0.369 e. The summed E-state index contributed by atoms with van der Waals surface area (Å²) >= 11 is 8.16. The molecule has 1 unspecified atom stereocenters. The van der Waals surface area contributed by atoms with Crippen LogP contribution in [0, 0.1) is 6.92 Å². The second-order valence-corrected chi connectivity index (χ2v) is 5.33. The molecule has 0 N–H and O–H groups in total. The molecule has 1 aromatic rings. The summed E-state index contributed by atoms with van der Waals surface area (Å²) in [5.41, 5.74) is 2.44. The highest BCUT2D eigenvalue weighted by molar-refractivity contribution is 7.99. The van der Waals surface area contributed by atoms with Crippen molar-refractivity contribution in [2.24, 2.45) is 0 Å². The van der Waals surface area contributed by atoms with E-state index in [2.05, 4.69) is 31.9 Å². The van der Waals surface area contributed by atoms with Crippen molar-refractivity contribution in [1.29, 1.82) is 0 Å². The molecule has 1 nitrogen and oxygen atoms in total. The average molecular weight is 228 g/mol. The Morgan fingerprint density at radius 1 is 1.50 bits per heavy atom. The Labute approximate surface area is 94.4 Å². The molecule has 0 aliphatic carbocycles. The molecule has 0 bridgehead atoms. The summed E-state index contributed by atoms with van der Waals surface area (Å²) < 4.78 is 0. The minimum atomic E-state index is 0.563. The SMILES string of the molecule is Cc1cc(Cl)c2c(c1)SCC(C)N2C. The van der Waals surface area contributed by atoms with Gasteiger partial charge in [0.2, 0.25) is 0 Å². The van der Waals surface area contributed by atoms with Crippen molar-refractivity contribution >= 4 is 29.1 Å². The predicted octanol–water partition coefficient (Wildman–Crippen LogP) is 3.58. The number of rotatable bonds is 0. The van der Waals surface area contributed by atoms with Gasteiger partial charge in [-0.05, 0) is 31.5 Å². The molecule has 0 aromatic heterocycles. The standard InChI is InChI=1S/C11H14ClNS/c1-7-4-9(12)11-10(5-7)14-6-8(2)13(11)3/h4-5,8H,6H2,1-3H3. The molecule has 1 heterocycles. The van der Waals surface area contributed by atoms with E-state index in [-0.39, 0.29) is 0 Å². The summed E-state index contributed by atoms with van der Waals surface area (Å²) in [5.74, 6) is 1.14. The van der Waals surface area contributed by atoms with Gasteiger partial charge in [0.1, 0.15) is 0 Å². The van der Waals surface area contributed by atoms with Crippen LogP contribution in [-0.2, 0) is 0 Å². The molecule has 1 aromatic carbocycles.